The number of nitrogens with one attached hydrogen (secondary N) is 3. The van der Waals surface area contributed by atoms with Gasteiger partial charge in [0.1, 0.15) is 0 Å². The molecule has 180 valence electrons. The maximum absolute atomic E-state index is 13.8. The molecular formula is C25H29F2N5O2. The van der Waals surface area contributed by atoms with Crippen LogP contribution in [0.5, 0.6) is 0 Å². The molecule has 0 radical (unpaired) electrons. The van der Waals surface area contributed by atoms with E-state index in [1.54, 1.807) is 6.92 Å². The van der Waals surface area contributed by atoms with E-state index in [1.165, 1.54) is 6.07 Å². The van der Waals surface area contributed by atoms with E-state index in [4.69, 9.17) is 0 Å². The van der Waals surface area contributed by atoms with Crippen molar-refractivity contribution >= 4 is 11.9 Å². The number of pyridine rings is 1. The van der Waals surface area contributed by atoms with Crippen molar-refractivity contribution in [3.8, 4) is 0 Å². The normalized spacial score (nSPS) is 19.5. The summed E-state index contributed by atoms with van der Waals surface area (Å²) in [6.07, 6.45) is 4.75. The molecule has 2 aliphatic heterocycles. The number of hydrogen-bond acceptors (Lipinski definition) is 4. The van der Waals surface area contributed by atoms with Crippen LogP contribution >= 0.6 is 0 Å². The minimum atomic E-state index is -1.03. The molecule has 3 heterocycles. The third-order valence-corrected chi connectivity index (χ3v) is 6.42. The van der Waals surface area contributed by atoms with Crippen molar-refractivity contribution < 1.29 is 18.4 Å². The lowest BCUT2D eigenvalue weighted by atomic mass is 9.93. The number of piperidine rings is 1. The lowest BCUT2D eigenvalue weighted by Gasteiger charge is -2.31. The first kappa shape index (κ1) is 23.8. The fraction of sp³-hybridized carbons (Fsp3) is 0.400. The highest BCUT2D eigenvalue weighted by Crippen LogP contribution is 2.28. The number of aromatic nitrogens is 1. The number of halogens is 2. The van der Waals surface area contributed by atoms with E-state index in [0.29, 0.717) is 23.7 Å². The van der Waals surface area contributed by atoms with Gasteiger partial charge in [0.15, 0.2) is 11.6 Å². The third kappa shape index (κ3) is 5.59. The van der Waals surface area contributed by atoms with E-state index in [9.17, 15) is 18.4 Å². The minimum Gasteiger partial charge on any atom is -0.352 e. The van der Waals surface area contributed by atoms with Gasteiger partial charge in [-0.1, -0.05) is 12.1 Å². The number of benzene rings is 1. The van der Waals surface area contributed by atoms with Crippen LogP contribution in [-0.2, 0) is 4.79 Å². The molecular weight excluding hydrogens is 440 g/mol. The van der Waals surface area contributed by atoms with Gasteiger partial charge in [-0.3, -0.25) is 9.78 Å². The topological polar surface area (TPSA) is 86.4 Å². The summed E-state index contributed by atoms with van der Waals surface area (Å²) in [5, 5.41) is 8.12. The van der Waals surface area contributed by atoms with Gasteiger partial charge in [-0.2, -0.15) is 0 Å². The number of likely N-dealkylation sites (tertiary alicyclic amines) is 1. The molecule has 2 aromatic rings. The highest BCUT2D eigenvalue weighted by molar-refractivity contribution is 5.98. The quantitative estimate of drug-likeness (QED) is 0.543. The molecule has 1 fully saturated rings. The van der Waals surface area contributed by atoms with Gasteiger partial charge < -0.3 is 20.9 Å². The lowest BCUT2D eigenvalue weighted by molar-refractivity contribution is -0.118. The van der Waals surface area contributed by atoms with E-state index in [0.717, 1.165) is 56.7 Å². The van der Waals surface area contributed by atoms with Crippen LogP contribution in [0.1, 0.15) is 49.4 Å². The second kappa shape index (κ2) is 10.7. The zero-order chi connectivity index (χ0) is 24.1. The standard InChI is InChI=1S/C25H29F2N5O2/c1-16-22(23(31-25(34)30-16)18-6-7-19(26)20(27)15-18)24(33)29-11-4-12-32-13-8-17(9-14-32)21-5-2-3-10-28-21/h2-3,5-7,10,15,17,23H,4,8-9,11-14H2,1H3,(H,29,33)(H2,30,31,34)/t23-/m1/s1. The molecule has 1 atom stereocenters. The van der Waals surface area contributed by atoms with Crippen molar-refractivity contribution in [2.75, 3.05) is 26.2 Å². The number of allylic oxidation sites excluding steroid dienone is 1. The van der Waals surface area contributed by atoms with E-state index < -0.39 is 23.7 Å². The summed E-state index contributed by atoms with van der Waals surface area (Å²) in [7, 11) is 0. The van der Waals surface area contributed by atoms with Crippen molar-refractivity contribution in [1.82, 2.24) is 25.8 Å². The number of carbonyl (C=O) groups excluding carboxylic acids is 2. The summed E-state index contributed by atoms with van der Waals surface area (Å²) in [6.45, 7) is 4.94. The molecule has 9 heteroatoms. The van der Waals surface area contributed by atoms with Crippen LogP contribution in [0.15, 0.2) is 53.9 Å². The van der Waals surface area contributed by atoms with Gasteiger partial charge in [-0.05, 0) is 75.6 Å². The molecule has 3 amide bonds. The molecule has 2 aliphatic rings. The predicted molar refractivity (Wildman–Crippen MR) is 124 cm³/mol. The van der Waals surface area contributed by atoms with Gasteiger partial charge in [0.2, 0.25) is 0 Å². The number of rotatable bonds is 7. The molecule has 0 saturated carbocycles. The first-order valence-electron chi connectivity index (χ1n) is 11.6. The molecule has 0 aliphatic carbocycles. The average molecular weight is 470 g/mol. The van der Waals surface area contributed by atoms with Gasteiger partial charge in [0, 0.05) is 30.1 Å². The van der Waals surface area contributed by atoms with Gasteiger partial charge in [-0.15, -0.1) is 0 Å². The second-order valence-corrected chi connectivity index (χ2v) is 8.72. The summed E-state index contributed by atoms with van der Waals surface area (Å²) in [5.41, 5.74) is 2.12. The monoisotopic (exact) mass is 469 g/mol. The van der Waals surface area contributed by atoms with Crippen LogP contribution < -0.4 is 16.0 Å². The molecule has 0 unspecified atom stereocenters. The highest BCUT2D eigenvalue weighted by atomic mass is 19.2. The lowest BCUT2D eigenvalue weighted by Crippen LogP contribution is -2.47. The van der Waals surface area contributed by atoms with Gasteiger partial charge in [0.25, 0.3) is 5.91 Å². The van der Waals surface area contributed by atoms with Crippen LogP contribution in [0.4, 0.5) is 13.6 Å². The molecule has 1 saturated heterocycles. The first-order chi connectivity index (χ1) is 16.4. The third-order valence-electron chi connectivity index (χ3n) is 6.42. The van der Waals surface area contributed by atoms with Gasteiger partial charge in [-0.25, -0.2) is 13.6 Å². The number of urea groups is 1. The van der Waals surface area contributed by atoms with Crippen molar-refractivity contribution in [2.24, 2.45) is 0 Å². The molecule has 0 bridgehead atoms. The average Bonchev–Trinajstić information content (AvgIpc) is 2.84. The fourth-order valence-corrected chi connectivity index (χ4v) is 4.61. The molecule has 3 N–H and O–H groups in total. The Kier molecular flexibility index (Phi) is 7.52. The fourth-order valence-electron chi connectivity index (χ4n) is 4.61. The summed E-state index contributed by atoms with van der Waals surface area (Å²) in [6, 6.07) is 8.03. The number of hydrogen-bond donors (Lipinski definition) is 3. The van der Waals surface area contributed by atoms with Crippen molar-refractivity contribution in [2.45, 2.75) is 38.1 Å². The minimum absolute atomic E-state index is 0.279. The molecule has 1 aromatic carbocycles. The zero-order valence-electron chi connectivity index (χ0n) is 19.1. The maximum atomic E-state index is 13.8. The molecule has 0 spiro atoms. The Hall–Kier alpha value is -3.33. The Labute approximate surface area is 197 Å². The zero-order valence-corrected chi connectivity index (χ0v) is 19.1. The largest absolute Gasteiger partial charge is 0.352 e. The Bertz CT molecular complexity index is 1070. The Morgan fingerprint density at radius 2 is 1.97 bits per heavy atom. The smallest absolute Gasteiger partial charge is 0.319 e. The van der Waals surface area contributed by atoms with Crippen LogP contribution in [0.25, 0.3) is 0 Å². The molecule has 7 nitrogen and oxygen atoms in total. The van der Waals surface area contributed by atoms with E-state index in [1.807, 2.05) is 18.3 Å². The summed E-state index contributed by atoms with van der Waals surface area (Å²) >= 11 is 0. The maximum Gasteiger partial charge on any atom is 0.319 e. The van der Waals surface area contributed by atoms with Crippen LogP contribution in [0.2, 0.25) is 0 Å². The van der Waals surface area contributed by atoms with Crippen LogP contribution in [0.3, 0.4) is 0 Å². The van der Waals surface area contributed by atoms with Gasteiger partial charge >= 0.3 is 6.03 Å². The van der Waals surface area contributed by atoms with E-state index >= 15 is 0 Å². The number of carbonyl (C=O) groups is 2. The molecule has 1 aromatic heterocycles. The van der Waals surface area contributed by atoms with Crippen molar-refractivity contribution in [1.29, 1.82) is 0 Å². The van der Waals surface area contributed by atoms with E-state index in [2.05, 4.69) is 31.9 Å². The molecule has 34 heavy (non-hydrogen) atoms. The van der Waals surface area contributed by atoms with Crippen LogP contribution in [0, 0.1) is 11.6 Å². The number of nitrogens with zero attached hydrogens (tertiary/aromatic N) is 2. The Morgan fingerprint density at radius 3 is 2.68 bits per heavy atom. The Morgan fingerprint density at radius 1 is 1.18 bits per heavy atom. The number of amides is 3. The summed E-state index contributed by atoms with van der Waals surface area (Å²) < 4.78 is 27.1. The predicted octanol–water partition coefficient (Wildman–Crippen LogP) is 3.37. The summed E-state index contributed by atoms with van der Waals surface area (Å²) in [4.78, 5) is 31.8. The molecule has 4 rings (SSSR count). The van der Waals surface area contributed by atoms with Crippen molar-refractivity contribution in [3.63, 3.8) is 0 Å². The summed E-state index contributed by atoms with van der Waals surface area (Å²) in [5.74, 6) is -1.88. The highest BCUT2D eigenvalue weighted by Gasteiger charge is 2.31. The van der Waals surface area contributed by atoms with Gasteiger partial charge in [0.05, 0.1) is 11.6 Å². The van der Waals surface area contributed by atoms with E-state index in [-0.39, 0.29) is 11.5 Å². The SMILES string of the molecule is CC1=C(C(=O)NCCCN2CCC(c3ccccn3)CC2)[C@@H](c2ccc(F)c(F)c2)NC(=O)N1. The Balaban J connectivity index is 1.29. The first-order valence-corrected chi connectivity index (χ1v) is 11.6. The second-order valence-electron chi connectivity index (χ2n) is 8.72. The van der Waals surface area contributed by atoms with Crippen molar-refractivity contribution in [3.05, 3.63) is 76.8 Å². The van der Waals surface area contributed by atoms with Crippen LogP contribution in [-0.4, -0.2) is 48.0 Å².